The van der Waals surface area contributed by atoms with Gasteiger partial charge in [0, 0.05) is 25.7 Å². The van der Waals surface area contributed by atoms with Gasteiger partial charge in [0.25, 0.3) is 0 Å². The van der Waals surface area contributed by atoms with Crippen LogP contribution in [-0.2, 0) is 23.7 Å². The summed E-state index contributed by atoms with van der Waals surface area (Å²) in [7, 11) is 1.37. The third-order valence-electron chi connectivity index (χ3n) is 5.01. The lowest BCUT2D eigenvalue weighted by atomic mass is 9.94. The molecule has 1 aliphatic heterocycles. The van der Waals surface area contributed by atoms with E-state index in [0.29, 0.717) is 37.2 Å². The molecule has 0 spiro atoms. The Morgan fingerprint density at radius 1 is 0.968 bits per heavy atom. The van der Waals surface area contributed by atoms with E-state index in [1.165, 1.54) is 7.05 Å². The highest BCUT2D eigenvalue weighted by Gasteiger charge is 2.37. The fourth-order valence-corrected chi connectivity index (χ4v) is 3.52. The number of nitrogens with zero attached hydrogens (tertiary/aromatic N) is 1. The summed E-state index contributed by atoms with van der Waals surface area (Å²) in [5.41, 5.74) is -0.939. The second kappa shape index (κ2) is 8.74. The van der Waals surface area contributed by atoms with Crippen LogP contribution in [0.5, 0.6) is 0 Å². The van der Waals surface area contributed by atoms with Crippen molar-refractivity contribution in [3.8, 4) is 0 Å². The van der Waals surface area contributed by atoms with Crippen LogP contribution in [0.25, 0.3) is 5.57 Å². The Bertz CT molecular complexity index is 947. The van der Waals surface area contributed by atoms with Crippen molar-refractivity contribution in [1.29, 1.82) is 0 Å². The summed E-state index contributed by atoms with van der Waals surface area (Å²) in [5.74, 6) is -0.425. The smallest absolute Gasteiger partial charge is 0.338 e. The van der Waals surface area contributed by atoms with Crippen LogP contribution in [0.2, 0.25) is 0 Å². The highest BCUT2D eigenvalue weighted by Crippen LogP contribution is 2.36. The minimum atomic E-state index is -4.93. The predicted molar refractivity (Wildman–Crippen MR) is 104 cm³/mol. The van der Waals surface area contributed by atoms with Crippen molar-refractivity contribution in [2.45, 2.75) is 25.3 Å². The number of likely N-dealkylation sites (N-methyl/N-ethyl adjacent to an activating group) is 1. The molecule has 166 valence electrons. The largest absolute Gasteiger partial charge is 0.416 e. The summed E-state index contributed by atoms with van der Waals surface area (Å²) < 4.78 is 78.6. The predicted octanol–water partition coefficient (Wildman–Crippen LogP) is 5.13. The topological polar surface area (TPSA) is 32.3 Å². The number of carbonyl (C=O) groups is 1. The number of benzene rings is 2. The van der Waals surface area contributed by atoms with Crippen LogP contribution < -0.4 is 5.32 Å². The SMILES string of the molecule is CN(Cc1cc(C(F)(F)F)cc(C(F)(F)F)c1)C(=O)C1=C(c2ccccc2)CNCC1. The van der Waals surface area contributed by atoms with E-state index in [0.717, 1.165) is 16.0 Å². The minimum absolute atomic E-state index is 0.0775. The molecular weight excluding hydrogens is 422 g/mol. The number of rotatable bonds is 4. The van der Waals surface area contributed by atoms with Gasteiger partial charge in [0.1, 0.15) is 0 Å². The Hall–Kier alpha value is -2.81. The van der Waals surface area contributed by atoms with Crippen molar-refractivity contribution in [1.82, 2.24) is 10.2 Å². The molecule has 3 rings (SSSR count). The van der Waals surface area contributed by atoms with Crippen molar-refractivity contribution < 1.29 is 31.1 Å². The van der Waals surface area contributed by atoms with Crippen LogP contribution in [0.15, 0.2) is 54.1 Å². The molecule has 31 heavy (non-hydrogen) atoms. The van der Waals surface area contributed by atoms with Crippen LogP contribution in [0.3, 0.4) is 0 Å². The van der Waals surface area contributed by atoms with E-state index in [1.54, 1.807) is 0 Å². The minimum Gasteiger partial charge on any atom is -0.338 e. The van der Waals surface area contributed by atoms with E-state index in [9.17, 15) is 31.1 Å². The summed E-state index contributed by atoms with van der Waals surface area (Å²) in [5, 5.41) is 3.18. The summed E-state index contributed by atoms with van der Waals surface area (Å²) in [6, 6.07) is 10.5. The molecule has 9 heteroatoms. The van der Waals surface area contributed by atoms with Crippen LogP contribution in [-0.4, -0.2) is 30.9 Å². The number of alkyl halides is 6. The van der Waals surface area contributed by atoms with Gasteiger partial charge in [0.15, 0.2) is 0 Å². The normalized spacial score (nSPS) is 15.2. The van der Waals surface area contributed by atoms with Gasteiger partial charge in [-0.25, -0.2) is 0 Å². The Morgan fingerprint density at radius 3 is 2.10 bits per heavy atom. The van der Waals surface area contributed by atoms with Crippen molar-refractivity contribution in [3.63, 3.8) is 0 Å². The lowest BCUT2D eigenvalue weighted by molar-refractivity contribution is -0.143. The van der Waals surface area contributed by atoms with Gasteiger partial charge in [-0.3, -0.25) is 4.79 Å². The van der Waals surface area contributed by atoms with Crippen molar-refractivity contribution in [3.05, 3.63) is 76.4 Å². The maximum Gasteiger partial charge on any atom is 0.416 e. The molecule has 0 radical (unpaired) electrons. The fourth-order valence-electron chi connectivity index (χ4n) is 3.52. The number of nitrogens with one attached hydrogen (secondary N) is 1. The standard InChI is InChI=1S/C22H20F6N2O/c1-30(13-14-9-16(21(23,24)25)11-17(10-14)22(26,27)28)20(31)18-7-8-29-12-19(18)15-5-3-2-4-6-15/h2-6,9-11,29H,7-8,12-13H2,1H3. The molecule has 1 aliphatic rings. The Balaban J connectivity index is 1.92. The van der Waals surface area contributed by atoms with Gasteiger partial charge in [0.2, 0.25) is 5.91 Å². The summed E-state index contributed by atoms with van der Waals surface area (Å²) in [6.45, 7) is 0.610. The highest BCUT2D eigenvalue weighted by molar-refractivity contribution is 6.01. The summed E-state index contributed by atoms with van der Waals surface area (Å²) in [6.07, 6.45) is -9.46. The van der Waals surface area contributed by atoms with E-state index in [1.807, 2.05) is 30.3 Å². The molecule has 0 bridgehead atoms. The first-order chi connectivity index (χ1) is 14.5. The Morgan fingerprint density at radius 2 is 1.55 bits per heavy atom. The van der Waals surface area contributed by atoms with Gasteiger partial charge in [-0.2, -0.15) is 26.3 Å². The zero-order chi connectivity index (χ0) is 22.8. The summed E-state index contributed by atoms with van der Waals surface area (Å²) >= 11 is 0. The molecule has 0 fully saturated rings. The lowest BCUT2D eigenvalue weighted by Gasteiger charge is -2.26. The maximum absolute atomic E-state index is 13.1. The number of carbonyl (C=O) groups excluding carboxylic acids is 1. The van der Waals surface area contributed by atoms with Crippen molar-refractivity contribution in [2.24, 2.45) is 0 Å². The third kappa shape index (κ3) is 5.46. The van der Waals surface area contributed by atoms with Crippen molar-refractivity contribution >= 4 is 11.5 Å². The molecule has 1 amide bonds. The maximum atomic E-state index is 13.1. The third-order valence-corrected chi connectivity index (χ3v) is 5.01. The average molecular weight is 442 g/mol. The average Bonchev–Trinajstić information content (AvgIpc) is 2.72. The Labute approximate surface area is 175 Å². The number of amides is 1. The molecule has 0 saturated heterocycles. The molecule has 2 aromatic carbocycles. The molecule has 0 unspecified atom stereocenters. The number of hydrogen-bond donors (Lipinski definition) is 1. The first kappa shape index (κ1) is 22.9. The molecule has 0 aliphatic carbocycles. The molecule has 1 N–H and O–H groups in total. The number of halogens is 6. The zero-order valence-corrected chi connectivity index (χ0v) is 16.6. The molecule has 0 saturated carbocycles. The van der Waals surface area contributed by atoms with E-state index in [4.69, 9.17) is 0 Å². The molecule has 0 aromatic heterocycles. The molecular formula is C22H20F6N2O. The first-order valence-electron chi connectivity index (χ1n) is 9.49. The van der Waals surface area contributed by atoms with E-state index >= 15 is 0 Å². The molecule has 3 nitrogen and oxygen atoms in total. The molecule has 1 heterocycles. The fraction of sp³-hybridized carbons (Fsp3) is 0.318. The second-order valence-corrected chi connectivity index (χ2v) is 7.33. The van der Waals surface area contributed by atoms with Gasteiger partial charge in [0.05, 0.1) is 11.1 Å². The van der Waals surface area contributed by atoms with Gasteiger partial charge in [-0.05, 0) is 47.9 Å². The van der Waals surface area contributed by atoms with Crippen LogP contribution in [0.1, 0.15) is 28.7 Å². The summed E-state index contributed by atoms with van der Waals surface area (Å²) in [4.78, 5) is 14.2. The van der Waals surface area contributed by atoms with E-state index in [-0.39, 0.29) is 18.2 Å². The highest BCUT2D eigenvalue weighted by atomic mass is 19.4. The quantitative estimate of drug-likeness (QED) is 0.666. The van der Waals surface area contributed by atoms with E-state index < -0.39 is 29.4 Å². The second-order valence-electron chi connectivity index (χ2n) is 7.33. The van der Waals surface area contributed by atoms with Gasteiger partial charge < -0.3 is 10.2 Å². The van der Waals surface area contributed by atoms with Crippen LogP contribution in [0.4, 0.5) is 26.3 Å². The zero-order valence-electron chi connectivity index (χ0n) is 16.6. The van der Waals surface area contributed by atoms with Crippen molar-refractivity contribution in [2.75, 3.05) is 20.1 Å². The molecule has 2 aromatic rings. The Kier molecular flexibility index (Phi) is 6.45. The first-order valence-corrected chi connectivity index (χ1v) is 9.49. The number of hydrogen-bond acceptors (Lipinski definition) is 2. The van der Waals surface area contributed by atoms with E-state index in [2.05, 4.69) is 5.32 Å². The van der Waals surface area contributed by atoms with Gasteiger partial charge >= 0.3 is 12.4 Å². The van der Waals surface area contributed by atoms with Gasteiger partial charge in [-0.15, -0.1) is 0 Å². The molecule has 0 atom stereocenters. The van der Waals surface area contributed by atoms with Gasteiger partial charge in [-0.1, -0.05) is 30.3 Å². The van der Waals surface area contributed by atoms with Crippen LogP contribution in [0, 0.1) is 0 Å². The monoisotopic (exact) mass is 442 g/mol. The van der Waals surface area contributed by atoms with Crippen LogP contribution >= 0.6 is 0 Å². The lowest BCUT2D eigenvalue weighted by Crippen LogP contribution is -2.34.